The number of hydrogen-bond donors (Lipinski definition) is 2. The first-order valence-electron chi connectivity index (χ1n) is 5.56. The van der Waals surface area contributed by atoms with Crippen LogP contribution < -0.4 is 5.32 Å². The van der Waals surface area contributed by atoms with Gasteiger partial charge < -0.3 is 10.4 Å². The van der Waals surface area contributed by atoms with Gasteiger partial charge in [0.15, 0.2) is 0 Å². The van der Waals surface area contributed by atoms with Crippen molar-refractivity contribution in [2.24, 2.45) is 0 Å². The highest BCUT2D eigenvalue weighted by Gasteiger charge is 2.04. The van der Waals surface area contributed by atoms with Crippen molar-refractivity contribution in [2.75, 3.05) is 6.54 Å². The maximum atomic E-state index is 10.3. The number of pyridine rings is 1. The standard InChI is InChI=1S/C12H18N2O2/c1-10(11-6-2-4-9-14-11)13-8-5-3-7-12(15)16/h2,4,6,9-10,13H,3,5,7-8H2,1H3,(H,15,16)/t10-/m0/s1. The number of carbonyl (C=O) groups is 1. The Bertz CT molecular complexity index is 314. The molecule has 1 aromatic rings. The van der Waals surface area contributed by atoms with Crippen molar-refractivity contribution in [2.45, 2.75) is 32.2 Å². The maximum Gasteiger partial charge on any atom is 0.303 e. The van der Waals surface area contributed by atoms with Crippen LogP contribution in [0.4, 0.5) is 0 Å². The predicted octanol–water partition coefficient (Wildman–Crippen LogP) is 1.99. The highest BCUT2D eigenvalue weighted by molar-refractivity contribution is 5.66. The van der Waals surface area contributed by atoms with E-state index in [1.54, 1.807) is 6.20 Å². The largest absolute Gasteiger partial charge is 0.481 e. The van der Waals surface area contributed by atoms with Crippen molar-refractivity contribution in [1.29, 1.82) is 0 Å². The van der Waals surface area contributed by atoms with Gasteiger partial charge in [0, 0.05) is 18.7 Å². The molecule has 4 heteroatoms. The molecule has 0 aromatic carbocycles. The van der Waals surface area contributed by atoms with Gasteiger partial charge >= 0.3 is 5.97 Å². The van der Waals surface area contributed by atoms with Crippen LogP contribution in [0.15, 0.2) is 24.4 Å². The Hall–Kier alpha value is -1.42. The number of rotatable bonds is 7. The van der Waals surface area contributed by atoms with E-state index >= 15 is 0 Å². The molecular weight excluding hydrogens is 204 g/mol. The summed E-state index contributed by atoms with van der Waals surface area (Å²) in [4.78, 5) is 14.5. The Labute approximate surface area is 95.7 Å². The third-order valence-corrected chi connectivity index (χ3v) is 2.40. The van der Waals surface area contributed by atoms with Gasteiger partial charge in [-0.1, -0.05) is 6.07 Å². The summed E-state index contributed by atoms with van der Waals surface area (Å²) >= 11 is 0. The molecule has 0 saturated carbocycles. The van der Waals surface area contributed by atoms with Gasteiger partial charge in [-0.3, -0.25) is 9.78 Å². The van der Waals surface area contributed by atoms with Crippen LogP contribution in [0, 0.1) is 0 Å². The third-order valence-electron chi connectivity index (χ3n) is 2.40. The van der Waals surface area contributed by atoms with Crippen molar-refractivity contribution < 1.29 is 9.90 Å². The molecule has 0 saturated heterocycles. The quantitative estimate of drug-likeness (QED) is 0.692. The Morgan fingerprint density at radius 2 is 2.31 bits per heavy atom. The smallest absolute Gasteiger partial charge is 0.303 e. The zero-order valence-electron chi connectivity index (χ0n) is 9.52. The number of unbranched alkanes of at least 4 members (excludes halogenated alkanes) is 1. The Morgan fingerprint density at radius 1 is 1.50 bits per heavy atom. The minimum atomic E-state index is -0.724. The van der Waals surface area contributed by atoms with Crippen molar-refractivity contribution in [1.82, 2.24) is 10.3 Å². The van der Waals surface area contributed by atoms with Gasteiger partial charge in [0.2, 0.25) is 0 Å². The summed E-state index contributed by atoms with van der Waals surface area (Å²) in [7, 11) is 0. The molecule has 0 aliphatic heterocycles. The second kappa shape index (κ2) is 6.95. The predicted molar refractivity (Wildman–Crippen MR) is 62.1 cm³/mol. The lowest BCUT2D eigenvalue weighted by molar-refractivity contribution is -0.137. The summed E-state index contributed by atoms with van der Waals surface area (Å²) in [5, 5.41) is 11.8. The highest BCUT2D eigenvalue weighted by atomic mass is 16.4. The van der Waals surface area contributed by atoms with Gasteiger partial charge in [-0.15, -0.1) is 0 Å². The topological polar surface area (TPSA) is 62.2 Å². The van der Waals surface area contributed by atoms with E-state index in [-0.39, 0.29) is 12.5 Å². The molecule has 88 valence electrons. The van der Waals surface area contributed by atoms with Crippen LogP contribution in [0.5, 0.6) is 0 Å². The monoisotopic (exact) mass is 222 g/mol. The van der Waals surface area contributed by atoms with Crippen LogP contribution in [-0.2, 0) is 4.79 Å². The molecule has 1 aromatic heterocycles. The number of nitrogens with one attached hydrogen (secondary N) is 1. The zero-order valence-corrected chi connectivity index (χ0v) is 9.52. The fraction of sp³-hybridized carbons (Fsp3) is 0.500. The molecule has 1 atom stereocenters. The SMILES string of the molecule is C[C@H](NCCCCC(=O)O)c1ccccn1. The van der Waals surface area contributed by atoms with E-state index in [1.165, 1.54) is 0 Å². The molecule has 1 rings (SSSR count). The number of aromatic nitrogens is 1. The van der Waals surface area contributed by atoms with E-state index in [1.807, 2.05) is 18.2 Å². The molecule has 0 aliphatic rings. The van der Waals surface area contributed by atoms with Crippen LogP contribution in [0.1, 0.15) is 37.9 Å². The Kier molecular flexibility index (Phi) is 5.50. The average molecular weight is 222 g/mol. The summed E-state index contributed by atoms with van der Waals surface area (Å²) in [6.45, 7) is 2.88. The van der Waals surface area contributed by atoms with Crippen LogP contribution in [-0.4, -0.2) is 22.6 Å². The minimum absolute atomic E-state index is 0.214. The van der Waals surface area contributed by atoms with Gasteiger partial charge in [0.1, 0.15) is 0 Å². The van der Waals surface area contributed by atoms with E-state index in [0.717, 1.165) is 25.1 Å². The van der Waals surface area contributed by atoms with Crippen LogP contribution in [0.25, 0.3) is 0 Å². The highest BCUT2D eigenvalue weighted by Crippen LogP contribution is 2.07. The summed E-state index contributed by atoms with van der Waals surface area (Å²) in [6, 6.07) is 6.05. The third kappa shape index (κ3) is 4.89. The molecule has 2 N–H and O–H groups in total. The minimum Gasteiger partial charge on any atom is -0.481 e. The number of aliphatic carboxylic acids is 1. The fourth-order valence-electron chi connectivity index (χ4n) is 1.46. The normalized spacial score (nSPS) is 12.3. The summed E-state index contributed by atoms with van der Waals surface area (Å²) < 4.78 is 0. The number of carboxylic acids is 1. The molecule has 0 fully saturated rings. The van der Waals surface area contributed by atoms with Crippen LogP contribution in [0.3, 0.4) is 0 Å². The average Bonchev–Trinajstić information content (AvgIpc) is 2.29. The number of hydrogen-bond acceptors (Lipinski definition) is 3. The van der Waals surface area contributed by atoms with Gasteiger partial charge in [-0.05, 0) is 38.4 Å². The molecule has 0 spiro atoms. The first kappa shape index (κ1) is 12.6. The van der Waals surface area contributed by atoms with Crippen LogP contribution in [0.2, 0.25) is 0 Å². The molecule has 0 unspecified atom stereocenters. The van der Waals surface area contributed by atoms with Crippen LogP contribution >= 0.6 is 0 Å². The Balaban J connectivity index is 2.16. The summed E-state index contributed by atoms with van der Waals surface area (Å²) in [5.41, 5.74) is 1.01. The van der Waals surface area contributed by atoms with Gasteiger partial charge in [-0.2, -0.15) is 0 Å². The second-order valence-corrected chi connectivity index (χ2v) is 3.78. The molecule has 1 heterocycles. The van der Waals surface area contributed by atoms with E-state index < -0.39 is 5.97 Å². The Morgan fingerprint density at radius 3 is 2.94 bits per heavy atom. The lowest BCUT2D eigenvalue weighted by Gasteiger charge is -2.12. The molecule has 16 heavy (non-hydrogen) atoms. The van der Waals surface area contributed by atoms with E-state index in [4.69, 9.17) is 5.11 Å². The lowest BCUT2D eigenvalue weighted by atomic mass is 10.2. The van der Waals surface area contributed by atoms with Crippen molar-refractivity contribution in [3.05, 3.63) is 30.1 Å². The second-order valence-electron chi connectivity index (χ2n) is 3.78. The van der Waals surface area contributed by atoms with E-state index in [0.29, 0.717) is 0 Å². The zero-order chi connectivity index (χ0) is 11.8. The number of nitrogens with zero attached hydrogens (tertiary/aromatic N) is 1. The van der Waals surface area contributed by atoms with E-state index in [2.05, 4.69) is 17.2 Å². The summed E-state index contributed by atoms with van der Waals surface area (Å²) in [6.07, 6.45) is 3.62. The van der Waals surface area contributed by atoms with Gasteiger partial charge in [-0.25, -0.2) is 0 Å². The van der Waals surface area contributed by atoms with Gasteiger partial charge in [0.25, 0.3) is 0 Å². The maximum absolute atomic E-state index is 10.3. The van der Waals surface area contributed by atoms with Crippen molar-refractivity contribution in [3.63, 3.8) is 0 Å². The fourth-order valence-corrected chi connectivity index (χ4v) is 1.46. The molecule has 0 aliphatic carbocycles. The van der Waals surface area contributed by atoms with Gasteiger partial charge in [0.05, 0.1) is 5.69 Å². The first-order chi connectivity index (χ1) is 7.70. The lowest BCUT2D eigenvalue weighted by Crippen LogP contribution is -2.20. The summed E-state index contributed by atoms with van der Waals surface area (Å²) in [5.74, 6) is -0.724. The molecule has 4 nitrogen and oxygen atoms in total. The van der Waals surface area contributed by atoms with Crippen molar-refractivity contribution >= 4 is 5.97 Å². The first-order valence-corrected chi connectivity index (χ1v) is 5.56. The molecule has 0 radical (unpaired) electrons. The van der Waals surface area contributed by atoms with E-state index in [9.17, 15) is 4.79 Å². The molecular formula is C12H18N2O2. The number of carboxylic acid groups (broad SMARTS) is 1. The molecule has 0 amide bonds. The van der Waals surface area contributed by atoms with Crippen molar-refractivity contribution in [3.8, 4) is 0 Å². The molecule has 0 bridgehead atoms.